The second-order valence-corrected chi connectivity index (χ2v) is 26.4. The second kappa shape index (κ2) is 2.71. The molecule has 0 atom stereocenters. The molecule has 1 aliphatic rings. The van der Waals surface area contributed by atoms with Gasteiger partial charge in [-0.05, 0) is 0 Å². The minimum atomic E-state index is -7.63. The molecule has 1 rings (SSSR count). The van der Waals surface area contributed by atoms with E-state index in [0.717, 1.165) is 0 Å². The maximum atomic E-state index is 10.6. The second-order valence-electron chi connectivity index (χ2n) is 1.75. The molecule has 13 heavy (non-hydrogen) atoms. The Balaban J connectivity index is 3.39. The fourth-order valence-corrected chi connectivity index (χ4v) is 44.6. The van der Waals surface area contributed by atoms with Crippen molar-refractivity contribution in [1.82, 2.24) is 0 Å². The molecule has 0 saturated carbocycles. The van der Waals surface area contributed by atoms with Gasteiger partial charge >= 0.3 is 80.4 Å². The van der Waals surface area contributed by atoms with E-state index in [1.54, 1.807) is 0 Å². The summed E-state index contributed by atoms with van der Waals surface area (Å²) < 4.78 is 79.4. The molecule has 1 aliphatic heterocycles. The molecule has 0 aromatic rings. The van der Waals surface area contributed by atoms with Gasteiger partial charge in [-0.2, -0.15) is 0 Å². The maximum absolute atomic E-state index is 10.6. The van der Waals surface area contributed by atoms with Crippen LogP contribution in [0.15, 0.2) is 0 Å². The van der Waals surface area contributed by atoms with Gasteiger partial charge in [0.25, 0.3) is 0 Å². The van der Waals surface area contributed by atoms with E-state index in [4.69, 9.17) is 7.52 Å². The van der Waals surface area contributed by atoms with Crippen molar-refractivity contribution in [3.05, 3.63) is 0 Å². The zero-order chi connectivity index (χ0) is 10.6. The van der Waals surface area contributed by atoms with E-state index in [1.807, 2.05) is 0 Å². The predicted molar refractivity (Wildman–Crippen MR) is 11.1 cm³/mol. The Morgan fingerprint density at radius 1 is 0.923 bits per heavy atom. The van der Waals surface area contributed by atoms with Crippen LogP contribution in [0.5, 0.6) is 0 Å². The molecule has 0 unspecified atom stereocenters. The zero-order valence-electron chi connectivity index (χ0n) is 5.39. The first kappa shape index (κ1) is 11.9. The normalized spacial score (nSPS) is 36.9. The molecule has 0 aromatic carbocycles. The van der Waals surface area contributed by atoms with Crippen LogP contribution >= 0.6 is 0 Å². The minimum absolute atomic E-state index is 3.25. The fourth-order valence-electron chi connectivity index (χ4n) is 0.421. The standard InChI is InChI=1S/2H2O.8O.3W/h2*1H2;;;;;;;;;;;/q;;;;;;;;;;;;+2/p-2. The van der Waals surface area contributed by atoms with Crippen LogP contribution in [0.2, 0.25) is 0 Å². The fraction of sp³-hybridized carbons (Fsp3) is 0. The van der Waals surface area contributed by atoms with Gasteiger partial charge in [-0.3, -0.25) is 0 Å². The first-order chi connectivity index (χ1) is 5.39. The summed E-state index contributed by atoms with van der Waals surface area (Å²) in [6, 6.07) is 0. The molecule has 2 N–H and O–H groups in total. The van der Waals surface area contributed by atoms with Gasteiger partial charge in [-0.15, -0.1) is 0 Å². The van der Waals surface area contributed by atoms with Crippen molar-refractivity contribution in [3.63, 3.8) is 0 Å². The first-order valence-corrected chi connectivity index (χ1v) is 18.0. The third-order valence-corrected chi connectivity index (χ3v) is 37.9. The molecular weight excluding hydrogens is 712 g/mol. The van der Waals surface area contributed by atoms with Gasteiger partial charge in [0.05, 0.1) is 0 Å². The molecule has 1 heterocycles. The number of hydrogen-bond acceptors (Lipinski definition) is 8. The van der Waals surface area contributed by atoms with E-state index in [9.17, 15) is 17.0 Å². The summed E-state index contributed by atoms with van der Waals surface area (Å²) in [4.78, 5) is 0. The zero-order valence-corrected chi connectivity index (χ0v) is 14.2. The van der Waals surface area contributed by atoms with E-state index < -0.39 is 49.8 Å². The van der Waals surface area contributed by atoms with Crippen molar-refractivity contribution >= 4 is 0 Å². The van der Waals surface area contributed by atoms with Crippen LogP contribution < -0.4 is 0 Å². The third kappa shape index (κ3) is 3.49. The molecule has 1 fully saturated rings. The van der Waals surface area contributed by atoms with Crippen LogP contribution in [0, 0.1) is 0 Å². The number of rotatable bonds is 0. The average molecular weight is 714 g/mol. The van der Waals surface area contributed by atoms with E-state index in [0.29, 0.717) is 0 Å². The number of hydrogen-bond donors (Lipinski definition) is 2. The Kier molecular flexibility index (Phi) is 2.49. The van der Waals surface area contributed by atoms with E-state index >= 15 is 0 Å². The molecule has 80 valence electrons. The monoisotopic (exact) mass is 714 g/mol. The topological polar surface area (TPSA) is 154 Å². The van der Waals surface area contributed by atoms with Crippen molar-refractivity contribution in [2.45, 2.75) is 0 Å². The van der Waals surface area contributed by atoms with Crippen LogP contribution in [0.25, 0.3) is 0 Å². The van der Waals surface area contributed by atoms with Gasteiger partial charge in [-0.1, -0.05) is 0 Å². The Hall–Kier alpha value is 0.865. The van der Waals surface area contributed by atoms with Gasteiger partial charge in [0.15, 0.2) is 0 Å². The molecule has 13 heteroatoms. The van der Waals surface area contributed by atoms with Crippen molar-refractivity contribution in [3.8, 4) is 0 Å². The summed E-state index contributed by atoms with van der Waals surface area (Å²) in [5, 5.41) is 0. The summed E-state index contributed by atoms with van der Waals surface area (Å²) in [6.07, 6.45) is 0. The van der Waals surface area contributed by atoms with E-state index in [1.165, 1.54) is 0 Å². The van der Waals surface area contributed by atoms with Gasteiger partial charge in [0, 0.05) is 0 Å². The summed E-state index contributed by atoms with van der Waals surface area (Å²) in [6.45, 7) is 0. The van der Waals surface area contributed by atoms with Gasteiger partial charge < -0.3 is 0 Å². The Bertz CT molecular complexity index is 438. The molecule has 0 aliphatic carbocycles. The molecule has 0 bridgehead atoms. The molecule has 1 saturated heterocycles. The van der Waals surface area contributed by atoms with Crippen molar-refractivity contribution in [2.24, 2.45) is 0 Å². The van der Waals surface area contributed by atoms with Crippen LogP contribution in [-0.4, -0.2) is 7.52 Å². The SMILES string of the molecule is [O]=[W]1(=[O])[O][W](=[O])(=[O])[O][W](=[O])([OH])([OH])[O]1. The molecule has 0 radical (unpaired) electrons. The summed E-state index contributed by atoms with van der Waals surface area (Å²) in [5.74, 6) is 0. The quantitative estimate of drug-likeness (QED) is 0.291. The van der Waals surface area contributed by atoms with Gasteiger partial charge in [0.2, 0.25) is 0 Å². The van der Waals surface area contributed by atoms with Crippen LogP contribution in [-0.2, 0) is 72.9 Å². The molecule has 0 aromatic heterocycles. The molecule has 0 amide bonds. The van der Waals surface area contributed by atoms with E-state index in [2.05, 4.69) is 6.13 Å². The van der Waals surface area contributed by atoms with Crippen LogP contribution in [0.4, 0.5) is 0 Å². The first-order valence-electron chi connectivity index (χ1n) is 2.20. The van der Waals surface area contributed by atoms with Gasteiger partial charge in [0.1, 0.15) is 0 Å². The Morgan fingerprint density at radius 2 is 1.23 bits per heavy atom. The van der Waals surface area contributed by atoms with Gasteiger partial charge in [-0.25, -0.2) is 0 Å². The van der Waals surface area contributed by atoms with Crippen molar-refractivity contribution in [2.75, 3.05) is 0 Å². The Morgan fingerprint density at radius 3 is 1.46 bits per heavy atom. The van der Waals surface area contributed by atoms with Crippen molar-refractivity contribution < 1.29 is 80.4 Å². The molecule has 0 spiro atoms. The van der Waals surface area contributed by atoms with Crippen LogP contribution in [0.3, 0.4) is 0 Å². The molecule has 10 nitrogen and oxygen atoms in total. The summed E-state index contributed by atoms with van der Waals surface area (Å²) >= 11 is -20.7. The average Bonchev–Trinajstić information content (AvgIpc) is 1.40. The van der Waals surface area contributed by atoms with Crippen molar-refractivity contribution in [1.29, 1.82) is 0 Å². The predicted octanol–water partition coefficient (Wildman–Crippen LogP) is -1.92. The van der Waals surface area contributed by atoms with Crippen LogP contribution in [0.1, 0.15) is 0 Å². The summed E-state index contributed by atoms with van der Waals surface area (Å²) in [5.41, 5.74) is 0. The van der Waals surface area contributed by atoms with E-state index in [-0.39, 0.29) is 0 Å². The third-order valence-electron chi connectivity index (χ3n) is 0.566. The summed E-state index contributed by atoms with van der Waals surface area (Å²) in [7, 11) is 0. The Labute approximate surface area is 79.8 Å². The molecular formula is H2O10W3.